The summed E-state index contributed by atoms with van der Waals surface area (Å²) in [5.41, 5.74) is 3.39. The Balaban J connectivity index is 2.76. The van der Waals surface area contributed by atoms with Gasteiger partial charge in [0.25, 0.3) is 0 Å². The van der Waals surface area contributed by atoms with Gasteiger partial charge in [0.15, 0.2) is 0 Å². The van der Waals surface area contributed by atoms with Crippen molar-refractivity contribution in [2.75, 3.05) is 0 Å². The van der Waals surface area contributed by atoms with Crippen molar-refractivity contribution in [1.29, 1.82) is 0 Å². The van der Waals surface area contributed by atoms with Gasteiger partial charge in [-0.15, -0.1) is 0 Å². The van der Waals surface area contributed by atoms with Gasteiger partial charge in [-0.2, -0.15) is 0 Å². The molecule has 78 valence electrons. The van der Waals surface area contributed by atoms with Crippen LogP contribution in [0.1, 0.15) is 11.3 Å². The zero-order chi connectivity index (χ0) is 11.2. The Hall–Kier alpha value is -0.965. The molecule has 5 heteroatoms. The molecule has 15 heavy (non-hydrogen) atoms. The molecule has 0 radical (unpaired) electrons. The molecule has 2 rings (SSSR count). The fourth-order valence-electron chi connectivity index (χ4n) is 1.70. The van der Waals surface area contributed by atoms with Crippen molar-refractivity contribution in [3.63, 3.8) is 0 Å². The van der Waals surface area contributed by atoms with Crippen LogP contribution in [-0.2, 0) is 0 Å². The van der Waals surface area contributed by atoms with Crippen molar-refractivity contribution < 1.29 is 10.0 Å². The molecule has 0 saturated heterocycles. The molecule has 1 aromatic heterocycles. The maximum absolute atomic E-state index is 9.10. The molecule has 0 aliphatic rings. The molecule has 0 atom stereocenters. The van der Waals surface area contributed by atoms with Crippen LogP contribution in [0.5, 0.6) is 0 Å². The molecule has 0 bridgehead atoms. The minimum absolute atomic E-state index is 0.324. The van der Waals surface area contributed by atoms with E-state index in [0.29, 0.717) is 10.5 Å². The van der Waals surface area contributed by atoms with Gasteiger partial charge < -0.3 is 15.0 Å². The molecule has 0 amide bonds. The van der Waals surface area contributed by atoms with Gasteiger partial charge in [-0.1, -0.05) is 11.6 Å². The van der Waals surface area contributed by atoms with E-state index >= 15 is 0 Å². The zero-order valence-corrected chi connectivity index (χ0v) is 9.26. The Morgan fingerprint density at radius 3 is 2.53 bits per heavy atom. The van der Waals surface area contributed by atoms with Gasteiger partial charge in [0.2, 0.25) is 0 Å². The Morgan fingerprint density at radius 2 is 1.93 bits per heavy atom. The van der Waals surface area contributed by atoms with Gasteiger partial charge in [0.1, 0.15) is 0 Å². The van der Waals surface area contributed by atoms with E-state index in [2.05, 4.69) is 4.98 Å². The van der Waals surface area contributed by atoms with Crippen LogP contribution >= 0.6 is 11.6 Å². The van der Waals surface area contributed by atoms with Crippen LogP contribution in [-0.4, -0.2) is 22.2 Å². The van der Waals surface area contributed by atoms with Gasteiger partial charge in [-0.3, -0.25) is 0 Å². The number of aromatic amines is 1. The van der Waals surface area contributed by atoms with Crippen LogP contribution < -0.4 is 5.46 Å². The fourth-order valence-corrected chi connectivity index (χ4v) is 1.96. The first kappa shape index (κ1) is 10.5. The molecule has 0 unspecified atom stereocenters. The fraction of sp³-hybridized carbons (Fsp3) is 0.200. The number of benzene rings is 1. The van der Waals surface area contributed by atoms with E-state index in [4.69, 9.17) is 21.6 Å². The van der Waals surface area contributed by atoms with Crippen molar-refractivity contribution in [1.82, 2.24) is 4.98 Å². The second-order valence-electron chi connectivity index (χ2n) is 3.67. The predicted octanol–water partition coefficient (Wildman–Crippen LogP) is 1.12. The lowest BCUT2D eigenvalue weighted by atomic mass is 9.80. The largest absolute Gasteiger partial charge is 0.490 e. The van der Waals surface area contributed by atoms with Gasteiger partial charge in [0.05, 0.1) is 0 Å². The van der Waals surface area contributed by atoms with E-state index in [1.165, 1.54) is 0 Å². The quantitative estimate of drug-likeness (QED) is 0.635. The van der Waals surface area contributed by atoms with E-state index in [1.807, 2.05) is 13.8 Å². The average Bonchev–Trinajstić information content (AvgIpc) is 2.43. The maximum Gasteiger partial charge on any atom is 0.490 e. The summed E-state index contributed by atoms with van der Waals surface area (Å²) in [5, 5.41) is 19.6. The number of fused-ring (bicyclic) bond motifs is 1. The summed E-state index contributed by atoms with van der Waals surface area (Å²) in [6.45, 7) is 3.97. The minimum atomic E-state index is -1.54. The van der Waals surface area contributed by atoms with Crippen LogP contribution in [0, 0.1) is 13.8 Å². The summed E-state index contributed by atoms with van der Waals surface area (Å²) < 4.78 is 0. The standard InChI is InChI=1S/C10H11BClNO2/c1-5-6(2)13-10-4-8(11(14)15)9(12)3-7(5)10/h3-4,13-15H,1-2H3. The third-order valence-corrected chi connectivity index (χ3v) is 3.03. The first-order chi connectivity index (χ1) is 7.00. The second-order valence-corrected chi connectivity index (χ2v) is 4.08. The van der Waals surface area contributed by atoms with Crippen molar-refractivity contribution >= 4 is 35.1 Å². The lowest BCUT2D eigenvalue weighted by molar-refractivity contribution is 0.426. The minimum Gasteiger partial charge on any atom is -0.423 e. The number of aromatic nitrogens is 1. The average molecular weight is 223 g/mol. The van der Waals surface area contributed by atoms with Crippen molar-refractivity contribution in [2.24, 2.45) is 0 Å². The number of aryl methyl sites for hydroxylation is 2. The summed E-state index contributed by atoms with van der Waals surface area (Å²) >= 11 is 5.95. The van der Waals surface area contributed by atoms with E-state index in [-0.39, 0.29) is 0 Å². The van der Waals surface area contributed by atoms with Gasteiger partial charge >= 0.3 is 7.12 Å². The summed E-state index contributed by atoms with van der Waals surface area (Å²) in [6, 6.07) is 3.42. The Morgan fingerprint density at radius 1 is 1.27 bits per heavy atom. The Labute approximate surface area is 92.8 Å². The molecule has 0 fully saturated rings. The first-order valence-electron chi connectivity index (χ1n) is 4.65. The van der Waals surface area contributed by atoms with E-state index in [1.54, 1.807) is 12.1 Å². The lowest BCUT2D eigenvalue weighted by Crippen LogP contribution is -2.30. The lowest BCUT2D eigenvalue weighted by Gasteiger charge is -2.03. The van der Waals surface area contributed by atoms with Crippen molar-refractivity contribution in [3.8, 4) is 0 Å². The smallest absolute Gasteiger partial charge is 0.423 e. The van der Waals surface area contributed by atoms with Gasteiger partial charge in [-0.25, -0.2) is 0 Å². The SMILES string of the molecule is Cc1[nH]c2cc(B(O)O)c(Cl)cc2c1C. The topological polar surface area (TPSA) is 56.2 Å². The van der Waals surface area contributed by atoms with Crippen molar-refractivity contribution in [2.45, 2.75) is 13.8 Å². The number of halogens is 1. The molecule has 0 aliphatic carbocycles. The molecule has 0 saturated carbocycles. The summed E-state index contributed by atoms with van der Waals surface area (Å²) in [4.78, 5) is 3.17. The summed E-state index contributed by atoms with van der Waals surface area (Å²) in [5.74, 6) is 0. The van der Waals surface area contributed by atoms with Crippen molar-refractivity contribution in [3.05, 3.63) is 28.4 Å². The molecule has 2 aromatic rings. The number of nitrogens with one attached hydrogen (secondary N) is 1. The highest BCUT2D eigenvalue weighted by Gasteiger charge is 2.17. The number of hydrogen-bond acceptors (Lipinski definition) is 2. The predicted molar refractivity (Wildman–Crippen MR) is 62.6 cm³/mol. The highest BCUT2D eigenvalue weighted by molar-refractivity contribution is 6.63. The molecule has 0 spiro atoms. The maximum atomic E-state index is 9.10. The van der Waals surface area contributed by atoms with Crippen LogP contribution in [0.4, 0.5) is 0 Å². The number of H-pyrrole nitrogens is 1. The number of hydrogen-bond donors (Lipinski definition) is 3. The molecular formula is C10H11BClNO2. The monoisotopic (exact) mass is 223 g/mol. The Bertz CT molecular complexity index is 522. The molecule has 1 heterocycles. The van der Waals surface area contributed by atoms with Crippen LogP contribution in [0.3, 0.4) is 0 Å². The van der Waals surface area contributed by atoms with Gasteiger partial charge in [0, 0.05) is 27.1 Å². The molecular weight excluding hydrogens is 212 g/mol. The van der Waals surface area contributed by atoms with E-state index < -0.39 is 7.12 Å². The molecule has 0 aliphatic heterocycles. The molecule has 3 N–H and O–H groups in total. The van der Waals surface area contributed by atoms with Crippen LogP contribution in [0.25, 0.3) is 10.9 Å². The van der Waals surface area contributed by atoms with E-state index in [9.17, 15) is 0 Å². The number of rotatable bonds is 1. The summed E-state index contributed by atoms with van der Waals surface area (Å²) in [6.07, 6.45) is 0. The Kier molecular flexibility index (Phi) is 2.50. The first-order valence-corrected chi connectivity index (χ1v) is 5.03. The summed E-state index contributed by atoms with van der Waals surface area (Å²) in [7, 11) is -1.54. The van der Waals surface area contributed by atoms with Crippen LogP contribution in [0.15, 0.2) is 12.1 Å². The second kappa shape index (κ2) is 3.56. The highest BCUT2D eigenvalue weighted by atomic mass is 35.5. The highest BCUT2D eigenvalue weighted by Crippen LogP contribution is 2.23. The third kappa shape index (κ3) is 1.65. The molecule has 1 aromatic carbocycles. The zero-order valence-electron chi connectivity index (χ0n) is 8.50. The third-order valence-electron chi connectivity index (χ3n) is 2.70. The van der Waals surface area contributed by atoms with E-state index in [0.717, 1.165) is 22.2 Å². The normalized spacial score (nSPS) is 11.0. The van der Waals surface area contributed by atoms with Crippen LogP contribution in [0.2, 0.25) is 5.02 Å². The molecule has 3 nitrogen and oxygen atoms in total. The van der Waals surface area contributed by atoms with Gasteiger partial charge in [-0.05, 0) is 31.5 Å².